The van der Waals surface area contributed by atoms with Crippen LogP contribution in [0.25, 0.3) is 5.65 Å². The Balaban J connectivity index is 1.76. The predicted octanol–water partition coefficient (Wildman–Crippen LogP) is 4.33. The molecule has 0 saturated heterocycles. The Labute approximate surface area is 182 Å². The first-order valence-corrected chi connectivity index (χ1v) is 10.1. The summed E-state index contributed by atoms with van der Waals surface area (Å²) in [5, 5.41) is 11.5. The molecule has 0 aliphatic heterocycles. The fraction of sp³-hybridized carbons (Fsp3) is 0.500. The van der Waals surface area contributed by atoms with Crippen LogP contribution < -0.4 is 5.32 Å². The molecule has 11 heteroatoms. The molecule has 3 heterocycles. The van der Waals surface area contributed by atoms with Crippen molar-refractivity contribution in [2.24, 2.45) is 0 Å². The molecule has 1 N–H and O–H groups in total. The summed E-state index contributed by atoms with van der Waals surface area (Å²) in [4.78, 5) is 16.7. The van der Waals surface area contributed by atoms with Crippen LogP contribution in [0.2, 0.25) is 5.02 Å². The highest BCUT2D eigenvalue weighted by Crippen LogP contribution is 2.32. The number of carbonyl (C=O) groups excluding carboxylic acids is 1. The van der Waals surface area contributed by atoms with Crippen LogP contribution in [-0.2, 0) is 18.1 Å². The Hall–Kier alpha value is -2.62. The van der Waals surface area contributed by atoms with Gasteiger partial charge in [-0.15, -0.1) is 0 Å². The molecular weight excluding hydrogens is 433 g/mol. The number of aryl methyl sites for hydroxylation is 2. The summed E-state index contributed by atoms with van der Waals surface area (Å²) in [6.45, 7) is 9.82. The summed E-state index contributed by atoms with van der Waals surface area (Å²) in [5.41, 5.74) is 0.119. The maximum Gasteiger partial charge on any atom is 0.433 e. The lowest BCUT2D eigenvalue weighted by atomic mass is 9.91. The Morgan fingerprint density at radius 3 is 2.39 bits per heavy atom. The van der Waals surface area contributed by atoms with Crippen LogP contribution in [0.3, 0.4) is 0 Å². The Morgan fingerprint density at radius 1 is 1.16 bits per heavy atom. The second-order valence-corrected chi connectivity index (χ2v) is 8.77. The highest BCUT2D eigenvalue weighted by Gasteiger charge is 2.36. The number of hydrogen-bond donors (Lipinski definition) is 1. The van der Waals surface area contributed by atoms with Gasteiger partial charge in [0.2, 0.25) is 0 Å². The van der Waals surface area contributed by atoms with Crippen LogP contribution in [0.5, 0.6) is 0 Å². The minimum atomic E-state index is -4.64. The normalized spacial score (nSPS) is 12.5. The quantitative estimate of drug-likeness (QED) is 0.580. The largest absolute Gasteiger partial charge is 0.433 e. The molecule has 31 heavy (non-hydrogen) atoms. The molecule has 0 spiro atoms. The van der Waals surface area contributed by atoms with E-state index in [0.29, 0.717) is 29.0 Å². The summed E-state index contributed by atoms with van der Waals surface area (Å²) in [6, 6.07) is 2.24. The molecular formula is C20H24ClF3N6O. The molecule has 0 atom stereocenters. The smallest absolute Gasteiger partial charge is 0.351 e. The number of nitrogens with one attached hydrogen (secondary N) is 1. The third-order valence-corrected chi connectivity index (χ3v) is 5.39. The van der Waals surface area contributed by atoms with E-state index < -0.39 is 23.2 Å². The van der Waals surface area contributed by atoms with Crippen LogP contribution in [-0.4, -0.2) is 36.8 Å². The van der Waals surface area contributed by atoms with Crippen molar-refractivity contribution >= 4 is 23.2 Å². The van der Waals surface area contributed by atoms with E-state index in [1.165, 1.54) is 6.07 Å². The summed E-state index contributed by atoms with van der Waals surface area (Å²) in [7, 11) is 0. The van der Waals surface area contributed by atoms with Crippen LogP contribution in [0.1, 0.15) is 60.5 Å². The third-order valence-electron chi connectivity index (χ3n) is 4.84. The number of hydrogen-bond acceptors (Lipinski definition) is 4. The lowest BCUT2D eigenvalue weighted by molar-refractivity contribution is -0.142. The van der Waals surface area contributed by atoms with Gasteiger partial charge < -0.3 is 5.32 Å². The first-order chi connectivity index (χ1) is 14.3. The molecule has 0 unspecified atom stereocenters. The molecule has 0 saturated carbocycles. The number of fused-ring (bicyclic) bond motifs is 1. The fourth-order valence-electron chi connectivity index (χ4n) is 3.09. The van der Waals surface area contributed by atoms with Gasteiger partial charge in [0.1, 0.15) is 5.69 Å². The number of rotatable bonds is 5. The van der Waals surface area contributed by atoms with Crippen molar-refractivity contribution in [3.63, 3.8) is 0 Å². The zero-order chi connectivity index (χ0) is 23.1. The van der Waals surface area contributed by atoms with Gasteiger partial charge in [0.15, 0.2) is 11.3 Å². The molecule has 0 fully saturated rings. The van der Waals surface area contributed by atoms with Gasteiger partial charge in [0.05, 0.1) is 22.1 Å². The third kappa shape index (κ3) is 4.84. The van der Waals surface area contributed by atoms with Crippen LogP contribution in [0.15, 0.2) is 12.1 Å². The highest BCUT2D eigenvalue weighted by atomic mass is 35.5. The monoisotopic (exact) mass is 456 g/mol. The van der Waals surface area contributed by atoms with Crippen molar-refractivity contribution in [3.8, 4) is 0 Å². The Bertz CT molecular complexity index is 1130. The van der Waals surface area contributed by atoms with E-state index in [4.69, 9.17) is 11.6 Å². The molecule has 3 aromatic heterocycles. The van der Waals surface area contributed by atoms with E-state index in [1.807, 2.05) is 13.8 Å². The van der Waals surface area contributed by atoms with Gasteiger partial charge in [-0.05, 0) is 26.3 Å². The molecule has 168 valence electrons. The number of carbonyl (C=O) groups is 1. The number of alkyl halides is 3. The van der Waals surface area contributed by atoms with Gasteiger partial charge in [-0.1, -0.05) is 32.4 Å². The molecule has 0 aliphatic rings. The van der Waals surface area contributed by atoms with Crippen molar-refractivity contribution in [2.75, 3.05) is 6.54 Å². The first-order valence-electron chi connectivity index (χ1n) is 9.75. The molecule has 0 aromatic carbocycles. The standard InChI is InChI=1S/C20H24ClF3N6O/c1-11-17(21)12(2)29(27-11)8-6-7-25-18(31)13-9-16-26-14(19(3,4)5)10-15(20(22,23)24)30(16)28-13/h9-10H,6-8H2,1-5H3,(H,25,31). The van der Waals surface area contributed by atoms with E-state index in [-0.39, 0.29) is 17.0 Å². The first kappa shape index (κ1) is 23.1. The van der Waals surface area contributed by atoms with Crippen molar-refractivity contribution < 1.29 is 18.0 Å². The molecule has 0 aliphatic carbocycles. The molecule has 3 aromatic rings. The van der Waals surface area contributed by atoms with Gasteiger partial charge in [-0.3, -0.25) is 9.48 Å². The molecule has 0 bridgehead atoms. The molecule has 0 radical (unpaired) electrons. The second-order valence-electron chi connectivity index (χ2n) is 8.39. The lowest BCUT2D eigenvalue weighted by Crippen LogP contribution is -2.26. The van der Waals surface area contributed by atoms with Crippen LogP contribution >= 0.6 is 11.6 Å². The van der Waals surface area contributed by atoms with E-state index in [2.05, 4.69) is 20.5 Å². The zero-order valence-electron chi connectivity index (χ0n) is 17.9. The van der Waals surface area contributed by atoms with Crippen molar-refractivity contribution in [1.29, 1.82) is 0 Å². The minimum Gasteiger partial charge on any atom is -0.351 e. The van der Waals surface area contributed by atoms with Crippen molar-refractivity contribution in [2.45, 2.75) is 59.2 Å². The predicted molar refractivity (Wildman–Crippen MR) is 110 cm³/mol. The number of aromatic nitrogens is 5. The number of halogens is 4. The zero-order valence-corrected chi connectivity index (χ0v) is 18.7. The van der Waals surface area contributed by atoms with Gasteiger partial charge in [-0.25, -0.2) is 9.50 Å². The van der Waals surface area contributed by atoms with Crippen LogP contribution in [0, 0.1) is 13.8 Å². The number of nitrogens with zero attached hydrogens (tertiary/aromatic N) is 5. The average molecular weight is 457 g/mol. The summed E-state index contributed by atoms with van der Waals surface area (Å²) in [6.07, 6.45) is -4.07. The van der Waals surface area contributed by atoms with Crippen molar-refractivity contribution in [3.05, 3.63) is 45.6 Å². The van der Waals surface area contributed by atoms with Gasteiger partial charge in [0, 0.05) is 24.6 Å². The Morgan fingerprint density at radius 2 is 1.84 bits per heavy atom. The average Bonchev–Trinajstić information content (AvgIpc) is 3.19. The maximum absolute atomic E-state index is 13.6. The van der Waals surface area contributed by atoms with E-state index in [9.17, 15) is 18.0 Å². The second kappa shape index (κ2) is 8.14. The summed E-state index contributed by atoms with van der Waals surface area (Å²) in [5.74, 6) is -0.567. The lowest BCUT2D eigenvalue weighted by Gasteiger charge is -2.19. The Kier molecular flexibility index (Phi) is 6.05. The van der Waals surface area contributed by atoms with E-state index in [0.717, 1.165) is 17.5 Å². The molecule has 1 amide bonds. The van der Waals surface area contributed by atoms with Crippen molar-refractivity contribution in [1.82, 2.24) is 29.7 Å². The summed E-state index contributed by atoms with van der Waals surface area (Å²) < 4.78 is 43.1. The summed E-state index contributed by atoms with van der Waals surface area (Å²) >= 11 is 6.11. The minimum absolute atomic E-state index is 0.0258. The molecule has 3 rings (SSSR count). The van der Waals surface area contributed by atoms with Crippen LogP contribution in [0.4, 0.5) is 13.2 Å². The molecule has 7 nitrogen and oxygen atoms in total. The van der Waals surface area contributed by atoms with Gasteiger partial charge >= 0.3 is 6.18 Å². The highest BCUT2D eigenvalue weighted by molar-refractivity contribution is 6.31. The van der Waals surface area contributed by atoms with E-state index >= 15 is 0 Å². The fourth-order valence-corrected chi connectivity index (χ4v) is 3.22. The number of amides is 1. The van der Waals surface area contributed by atoms with Gasteiger partial charge in [-0.2, -0.15) is 23.4 Å². The van der Waals surface area contributed by atoms with Gasteiger partial charge in [0.25, 0.3) is 5.91 Å². The van der Waals surface area contributed by atoms with E-state index in [1.54, 1.807) is 25.5 Å². The SMILES string of the molecule is Cc1nn(CCCNC(=O)c2cc3nc(C(C)(C)C)cc(C(F)(F)F)n3n2)c(C)c1Cl. The maximum atomic E-state index is 13.6. The topological polar surface area (TPSA) is 77.1 Å².